The fourth-order valence-electron chi connectivity index (χ4n) is 6.53. The zero-order valence-electron chi connectivity index (χ0n) is 20.6. The topological polar surface area (TPSA) is 55.8 Å². The van der Waals surface area contributed by atoms with Gasteiger partial charge in [-0.15, -0.1) is 0 Å². The third-order valence-corrected chi connectivity index (χ3v) is 8.25. The molecule has 2 atom stereocenters. The van der Waals surface area contributed by atoms with Gasteiger partial charge in [-0.1, -0.05) is 60.7 Å². The molecule has 2 bridgehead atoms. The number of hydrogen-bond acceptors (Lipinski definition) is 4. The first-order valence-electron chi connectivity index (χ1n) is 12.9. The fourth-order valence-corrected chi connectivity index (χ4v) is 6.53. The highest BCUT2D eigenvalue weighted by atomic mass is 16.6. The summed E-state index contributed by atoms with van der Waals surface area (Å²) < 4.78 is 11.3. The Hall–Kier alpha value is -3.60. The van der Waals surface area contributed by atoms with Crippen molar-refractivity contribution in [3.63, 3.8) is 0 Å². The van der Waals surface area contributed by atoms with Crippen molar-refractivity contribution in [1.82, 2.24) is 4.90 Å². The summed E-state index contributed by atoms with van der Waals surface area (Å²) in [4.78, 5) is 28.3. The molecule has 3 aromatic rings. The summed E-state index contributed by atoms with van der Waals surface area (Å²) >= 11 is 0. The number of ether oxygens (including phenoxy) is 2. The third-order valence-electron chi connectivity index (χ3n) is 8.25. The first-order valence-corrected chi connectivity index (χ1v) is 12.9. The third kappa shape index (κ3) is 4.06. The van der Waals surface area contributed by atoms with E-state index in [-0.39, 0.29) is 35.8 Å². The summed E-state index contributed by atoms with van der Waals surface area (Å²) in [7, 11) is 1.64. The highest BCUT2D eigenvalue weighted by Crippen LogP contribution is 2.45. The number of Topliss-reactive ketones (excluding diaryl/α,β-unsaturated/α-hetero) is 1. The maximum Gasteiger partial charge on any atom is 0.410 e. The Morgan fingerprint density at radius 3 is 2.14 bits per heavy atom. The van der Waals surface area contributed by atoms with Gasteiger partial charge in [-0.3, -0.25) is 4.79 Å². The van der Waals surface area contributed by atoms with Crippen LogP contribution < -0.4 is 4.74 Å². The van der Waals surface area contributed by atoms with Crippen LogP contribution in [0.4, 0.5) is 4.79 Å². The average molecular weight is 482 g/mol. The molecule has 3 aliphatic rings. The van der Waals surface area contributed by atoms with E-state index in [1.807, 2.05) is 41.3 Å². The molecule has 0 spiro atoms. The summed E-state index contributed by atoms with van der Waals surface area (Å²) in [6.07, 6.45) is 3.51. The first kappa shape index (κ1) is 22.8. The predicted octanol–water partition coefficient (Wildman–Crippen LogP) is 6.00. The second-order valence-electron chi connectivity index (χ2n) is 10.3. The van der Waals surface area contributed by atoms with Gasteiger partial charge in [0.25, 0.3) is 0 Å². The maximum atomic E-state index is 13.3. The molecule has 0 saturated carbocycles. The highest BCUT2D eigenvalue weighted by molar-refractivity contribution is 5.84. The highest BCUT2D eigenvalue weighted by Gasteiger charge is 2.46. The van der Waals surface area contributed by atoms with E-state index in [9.17, 15) is 9.59 Å². The lowest BCUT2D eigenvalue weighted by Crippen LogP contribution is -2.48. The summed E-state index contributed by atoms with van der Waals surface area (Å²) in [5, 5.41) is 0. The molecule has 2 heterocycles. The maximum absolute atomic E-state index is 13.3. The quantitative estimate of drug-likeness (QED) is 0.433. The van der Waals surface area contributed by atoms with Crippen LogP contribution in [0.3, 0.4) is 0 Å². The molecule has 0 N–H and O–H groups in total. The van der Waals surface area contributed by atoms with Gasteiger partial charge in [0.2, 0.25) is 0 Å². The number of nitrogens with zero attached hydrogens (tertiary/aromatic N) is 1. The van der Waals surface area contributed by atoms with Gasteiger partial charge in [-0.05, 0) is 65.6 Å². The van der Waals surface area contributed by atoms with Crippen molar-refractivity contribution in [1.29, 1.82) is 0 Å². The minimum absolute atomic E-state index is 0.00802. The molecule has 2 aliphatic heterocycles. The Morgan fingerprint density at radius 1 is 0.861 bits per heavy atom. The molecular formula is C31H31NO4. The number of carbonyl (C=O) groups is 2. The van der Waals surface area contributed by atoms with E-state index >= 15 is 0 Å². The number of methoxy groups -OCH3 is 1. The van der Waals surface area contributed by atoms with Crippen molar-refractivity contribution in [3.05, 3.63) is 89.5 Å². The Balaban J connectivity index is 1.10. The largest absolute Gasteiger partial charge is 0.497 e. The normalized spacial score (nSPS) is 22.1. The molecule has 1 amide bonds. The molecule has 3 aromatic carbocycles. The van der Waals surface area contributed by atoms with Crippen molar-refractivity contribution in [3.8, 4) is 16.9 Å². The minimum Gasteiger partial charge on any atom is -0.497 e. The van der Waals surface area contributed by atoms with Gasteiger partial charge in [-0.25, -0.2) is 4.79 Å². The standard InChI is InChI=1S/C31H31NO4/c1-35-24-8-6-7-20(15-24)16-30(33)21-17-22-13-14-23(18-21)32(22)31(34)36-19-29-27-11-4-2-9-25(27)26-10-3-5-12-28(26)29/h2-12,15,21-23,29H,13-14,16-19H2,1H3. The van der Waals surface area contributed by atoms with Crippen LogP contribution in [0.15, 0.2) is 72.8 Å². The SMILES string of the molecule is COc1cccc(CC(=O)C2CC3CCC(C2)N3C(=O)OCC2c3ccccc3-c3ccccc32)c1. The van der Waals surface area contributed by atoms with Crippen molar-refractivity contribution in [2.45, 2.75) is 50.1 Å². The van der Waals surface area contributed by atoms with Gasteiger partial charge in [0.1, 0.15) is 18.1 Å². The van der Waals surface area contributed by atoms with Crippen LogP contribution in [-0.2, 0) is 16.0 Å². The van der Waals surface area contributed by atoms with E-state index in [2.05, 4.69) is 36.4 Å². The number of benzene rings is 3. The molecule has 2 fully saturated rings. The number of carbonyl (C=O) groups excluding carboxylic acids is 2. The Morgan fingerprint density at radius 2 is 1.50 bits per heavy atom. The molecule has 6 rings (SSSR count). The smallest absolute Gasteiger partial charge is 0.410 e. The molecule has 184 valence electrons. The second kappa shape index (κ2) is 9.45. The number of ketones is 1. The van der Waals surface area contributed by atoms with E-state index in [1.165, 1.54) is 22.3 Å². The number of piperidine rings is 1. The van der Waals surface area contributed by atoms with Crippen molar-refractivity contribution >= 4 is 11.9 Å². The Bertz CT molecular complexity index is 1240. The second-order valence-corrected chi connectivity index (χ2v) is 10.3. The van der Waals surface area contributed by atoms with Crippen molar-refractivity contribution in [2.24, 2.45) is 5.92 Å². The van der Waals surface area contributed by atoms with E-state index in [4.69, 9.17) is 9.47 Å². The summed E-state index contributed by atoms with van der Waals surface area (Å²) in [5.74, 6) is 1.07. The zero-order valence-corrected chi connectivity index (χ0v) is 20.6. The summed E-state index contributed by atoms with van der Waals surface area (Å²) in [6.45, 7) is 0.334. The molecule has 36 heavy (non-hydrogen) atoms. The van der Waals surface area contributed by atoms with Gasteiger partial charge in [-0.2, -0.15) is 0 Å². The van der Waals surface area contributed by atoms with Crippen LogP contribution in [-0.4, -0.2) is 42.6 Å². The molecule has 1 aliphatic carbocycles. The van der Waals surface area contributed by atoms with Crippen LogP contribution >= 0.6 is 0 Å². The van der Waals surface area contributed by atoms with Crippen LogP contribution in [0.5, 0.6) is 5.75 Å². The van der Waals surface area contributed by atoms with E-state index < -0.39 is 0 Å². The lowest BCUT2D eigenvalue weighted by molar-refractivity contribution is -0.124. The molecule has 5 nitrogen and oxygen atoms in total. The predicted molar refractivity (Wildman–Crippen MR) is 138 cm³/mol. The van der Waals surface area contributed by atoms with Gasteiger partial charge < -0.3 is 14.4 Å². The van der Waals surface area contributed by atoms with E-state index in [0.29, 0.717) is 13.0 Å². The molecule has 0 aromatic heterocycles. The Kier molecular flexibility index (Phi) is 6.00. The van der Waals surface area contributed by atoms with Crippen molar-refractivity contribution < 1.29 is 19.1 Å². The van der Waals surface area contributed by atoms with Gasteiger partial charge in [0.15, 0.2) is 0 Å². The average Bonchev–Trinajstić information content (AvgIpc) is 3.37. The van der Waals surface area contributed by atoms with Crippen LogP contribution in [0.25, 0.3) is 11.1 Å². The van der Waals surface area contributed by atoms with E-state index in [0.717, 1.165) is 37.0 Å². The fraction of sp³-hybridized carbons (Fsp3) is 0.355. The van der Waals surface area contributed by atoms with Crippen LogP contribution in [0.2, 0.25) is 0 Å². The Labute approximate surface area is 212 Å². The van der Waals surface area contributed by atoms with Crippen molar-refractivity contribution in [2.75, 3.05) is 13.7 Å². The van der Waals surface area contributed by atoms with Crippen LogP contribution in [0.1, 0.15) is 48.3 Å². The number of hydrogen-bond donors (Lipinski definition) is 0. The number of amides is 1. The molecule has 2 unspecified atom stereocenters. The molecule has 0 radical (unpaired) electrons. The molecule has 5 heteroatoms. The summed E-state index contributed by atoms with van der Waals surface area (Å²) in [5.41, 5.74) is 5.87. The molecular weight excluding hydrogens is 450 g/mol. The van der Waals surface area contributed by atoms with Gasteiger partial charge in [0, 0.05) is 30.3 Å². The zero-order chi connectivity index (χ0) is 24.6. The van der Waals surface area contributed by atoms with E-state index in [1.54, 1.807) is 7.11 Å². The summed E-state index contributed by atoms with van der Waals surface area (Å²) in [6, 6.07) is 24.6. The van der Waals surface area contributed by atoms with Gasteiger partial charge in [0.05, 0.1) is 7.11 Å². The lowest BCUT2D eigenvalue weighted by atomic mass is 9.85. The van der Waals surface area contributed by atoms with Crippen LogP contribution in [0, 0.1) is 5.92 Å². The first-order chi connectivity index (χ1) is 17.6. The minimum atomic E-state index is -0.233. The number of rotatable bonds is 6. The molecule has 2 saturated heterocycles. The number of fused-ring (bicyclic) bond motifs is 5. The van der Waals surface area contributed by atoms with Gasteiger partial charge >= 0.3 is 6.09 Å². The lowest BCUT2D eigenvalue weighted by Gasteiger charge is -2.37. The monoisotopic (exact) mass is 481 g/mol.